The van der Waals surface area contributed by atoms with E-state index < -0.39 is 10.8 Å². The summed E-state index contributed by atoms with van der Waals surface area (Å²) < 4.78 is 11.3. The molecule has 0 heterocycles. The number of amides is 1. The molecule has 0 aliphatic rings. The molecular formula is C14H20ClNO2S. The molecule has 0 radical (unpaired) electrons. The minimum atomic E-state index is -0.957. The van der Waals surface area contributed by atoms with E-state index in [1.807, 2.05) is 13.8 Å². The van der Waals surface area contributed by atoms with Gasteiger partial charge < -0.3 is 5.32 Å². The number of nitrogens with one attached hydrogen (secondary N) is 1. The van der Waals surface area contributed by atoms with Crippen molar-refractivity contribution in [2.45, 2.75) is 32.4 Å². The summed E-state index contributed by atoms with van der Waals surface area (Å²) in [5.74, 6) is 0.448. The van der Waals surface area contributed by atoms with E-state index in [1.165, 1.54) is 0 Å². The van der Waals surface area contributed by atoms with Crippen LogP contribution < -0.4 is 5.32 Å². The van der Waals surface area contributed by atoms with Gasteiger partial charge in [-0.05, 0) is 36.6 Å². The van der Waals surface area contributed by atoms with Crippen molar-refractivity contribution in [2.24, 2.45) is 5.92 Å². The van der Waals surface area contributed by atoms with Crippen LogP contribution in [0.15, 0.2) is 18.2 Å². The molecule has 0 saturated carbocycles. The van der Waals surface area contributed by atoms with Gasteiger partial charge in [-0.3, -0.25) is 9.00 Å². The van der Waals surface area contributed by atoms with Gasteiger partial charge in [-0.1, -0.05) is 25.4 Å². The molecule has 1 N–H and O–H groups in total. The molecule has 19 heavy (non-hydrogen) atoms. The van der Waals surface area contributed by atoms with Crippen LogP contribution in [-0.2, 0) is 21.3 Å². The number of hydrogen-bond donors (Lipinski definition) is 1. The van der Waals surface area contributed by atoms with Crippen LogP contribution >= 0.6 is 11.6 Å². The third kappa shape index (κ3) is 4.96. The van der Waals surface area contributed by atoms with Gasteiger partial charge in [0.1, 0.15) is 0 Å². The number of carbonyl (C=O) groups excluding carboxylic acids is 1. The molecule has 0 aliphatic carbocycles. The van der Waals surface area contributed by atoms with Crippen molar-refractivity contribution in [3.05, 3.63) is 28.8 Å². The van der Waals surface area contributed by atoms with Crippen molar-refractivity contribution >= 4 is 34.0 Å². The normalized spacial score (nSPS) is 12.5. The highest BCUT2D eigenvalue weighted by Crippen LogP contribution is 2.22. The third-order valence-electron chi connectivity index (χ3n) is 3.03. The Labute approximate surface area is 122 Å². The highest BCUT2D eigenvalue weighted by molar-refractivity contribution is 7.83. The molecule has 1 unspecified atom stereocenters. The zero-order chi connectivity index (χ0) is 14.4. The molecule has 0 aliphatic heterocycles. The first-order chi connectivity index (χ1) is 8.97. The Bertz CT molecular complexity index is 473. The largest absolute Gasteiger partial charge is 0.326 e. The molecule has 1 amide bonds. The molecule has 5 heteroatoms. The summed E-state index contributed by atoms with van der Waals surface area (Å²) >= 11 is 6.05. The van der Waals surface area contributed by atoms with E-state index in [4.69, 9.17) is 11.6 Å². The second-order valence-electron chi connectivity index (χ2n) is 4.53. The zero-order valence-electron chi connectivity index (χ0n) is 11.5. The molecule has 0 spiro atoms. The van der Waals surface area contributed by atoms with Gasteiger partial charge in [-0.25, -0.2) is 0 Å². The van der Waals surface area contributed by atoms with Gasteiger partial charge in [0.2, 0.25) is 5.91 Å². The molecule has 1 aromatic rings. The van der Waals surface area contributed by atoms with Crippen LogP contribution in [0.2, 0.25) is 5.02 Å². The fourth-order valence-corrected chi connectivity index (χ4v) is 2.83. The predicted molar refractivity (Wildman–Crippen MR) is 81.9 cm³/mol. The fourth-order valence-electron chi connectivity index (χ4n) is 1.89. The summed E-state index contributed by atoms with van der Waals surface area (Å²) in [4.78, 5) is 12.0. The van der Waals surface area contributed by atoms with Gasteiger partial charge in [0.15, 0.2) is 0 Å². The lowest BCUT2D eigenvalue weighted by atomic mass is 10.0. The topological polar surface area (TPSA) is 46.2 Å². The number of benzene rings is 1. The first-order valence-corrected chi connectivity index (χ1v) is 8.47. The summed E-state index contributed by atoms with van der Waals surface area (Å²) in [7, 11) is -0.957. The van der Waals surface area contributed by atoms with E-state index in [0.717, 1.165) is 18.4 Å². The van der Waals surface area contributed by atoms with Crippen LogP contribution in [0.4, 0.5) is 5.69 Å². The molecule has 106 valence electrons. The Balaban J connectivity index is 2.84. The average Bonchev–Trinajstić information content (AvgIpc) is 2.34. The standard InChI is InChI=1S/C14H20ClNO2S/c1-4-10(5-2)14(17)16-12-6-7-13(15)11(8-12)9-19(3)18/h6-8,10H,4-5,9H2,1-3H3,(H,16,17). The van der Waals surface area contributed by atoms with Crippen LogP contribution in [0, 0.1) is 5.92 Å². The van der Waals surface area contributed by atoms with Gasteiger partial charge >= 0.3 is 0 Å². The van der Waals surface area contributed by atoms with Crippen molar-refractivity contribution in [3.63, 3.8) is 0 Å². The minimum Gasteiger partial charge on any atom is -0.326 e. The molecule has 0 aromatic heterocycles. The Hall–Kier alpha value is -0.870. The molecule has 0 saturated heterocycles. The molecule has 1 atom stereocenters. The van der Waals surface area contributed by atoms with Crippen LogP contribution in [0.3, 0.4) is 0 Å². The smallest absolute Gasteiger partial charge is 0.227 e. The average molecular weight is 302 g/mol. The summed E-state index contributed by atoms with van der Waals surface area (Å²) in [5.41, 5.74) is 1.51. The van der Waals surface area contributed by atoms with Gasteiger partial charge in [-0.15, -0.1) is 0 Å². The van der Waals surface area contributed by atoms with E-state index in [0.29, 0.717) is 16.5 Å². The van der Waals surface area contributed by atoms with E-state index in [9.17, 15) is 9.00 Å². The first kappa shape index (κ1) is 16.2. The molecule has 0 bridgehead atoms. The van der Waals surface area contributed by atoms with Gasteiger partial charge in [0.05, 0.1) is 0 Å². The summed E-state index contributed by atoms with van der Waals surface area (Å²) in [6.07, 6.45) is 3.27. The van der Waals surface area contributed by atoms with E-state index in [-0.39, 0.29) is 11.8 Å². The second kappa shape index (κ2) is 7.65. The Morgan fingerprint density at radius 1 is 1.37 bits per heavy atom. The van der Waals surface area contributed by atoms with E-state index >= 15 is 0 Å². The molecule has 1 rings (SSSR count). The third-order valence-corrected chi connectivity index (χ3v) is 4.11. The summed E-state index contributed by atoms with van der Waals surface area (Å²) in [5, 5.41) is 3.47. The zero-order valence-corrected chi connectivity index (χ0v) is 13.1. The van der Waals surface area contributed by atoms with Gasteiger partial charge in [0, 0.05) is 39.4 Å². The quantitative estimate of drug-likeness (QED) is 0.872. The van der Waals surface area contributed by atoms with Gasteiger partial charge in [-0.2, -0.15) is 0 Å². The Kier molecular flexibility index (Phi) is 6.52. The van der Waals surface area contributed by atoms with Crippen molar-refractivity contribution in [2.75, 3.05) is 11.6 Å². The van der Waals surface area contributed by atoms with Gasteiger partial charge in [0.25, 0.3) is 0 Å². The lowest BCUT2D eigenvalue weighted by Crippen LogP contribution is -2.21. The van der Waals surface area contributed by atoms with Crippen LogP contribution in [0.5, 0.6) is 0 Å². The first-order valence-electron chi connectivity index (χ1n) is 6.37. The predicted octanol–water partition coefficient (Wildman–Crippen LogP) is 3.59. The monoisotopic (exact) mass is 301 g/mol. The number of hydrogen-bond acceptors (Lipinski definition) is 2. The lowest BCUT2D eigenvalue weighted by molar-refractivity contribution is -0.120. The molecule has 0 fully saturated rings. The van der Waals surface area contributed by atoms with Crippen molar-refractivity contribution < 1.29 is 9.00 Å². The van der Waals surface area contributed by atoms with Crippen LogP contribution in [-0.4, -0.2) is 16.4 Å². The Morgan fingerprint density at radius 3 is 2.53 bits per heavy atom. The van der Waals surface area contributed by atoms with Crippen LogP contribution in [0.1, 0.15) is 32.3 Å². The number of rotatable bonds is 6. The number of halogens is 1. The minimum absolute atomic E-state index is 0.0240. The van der Waals surface area contributed by atoms with E-state index in [2.05, 4.69) is 5.32 Å². The lowest BCUT2D eigenvalue weighted by Gasteiger charge is -2.13. The van der Waals surface area contributed by atoms with Crippen LogP contribution in [0.25, 0.3) is 0 Å². The second-order valence-corrected chi connectivity index (χ2v) is 6.37. The van der Waals surface area contributed by atoms with E-state index in [1.54, 1.807) is 24.5 Å². The highest BCUT2D eigenvalue weighted by atomic mass is 35.5. The summed E-state index contributed by atoms with van der Waals surface area (Å²) in [6, 6.07) is 5.29. The van der Waals surface area contributed by atoms with Crippen molar-refractivity contribution in [1.29, 1.82) is 0 Å². The molecular weight excluding hydrogens is 282 g/mol. The number of carbonyl (C=O) groups is 1. The molecule has 3 nitrogen and oxygen atoms in total. The maximum absolute atomic E-state index is 12.0. The maximum atomic E-state index is 12.0. The van der Waals surface area contributed by atoms with Crippen molar-refractivity contribution in [3.8, 4) is 0 Å². The summed E-state index contributed by atoms with van der Waals surface area (Å²) in [6.45, 7) is 4.00. The van der Waals surface area contributed by atoms with Crippen molar-refractivity contribution in [1.82, 2.24) is 0 Å². The maximum Gasteiger partial charge on any atom is 0.227 e. The highest BCUT2D eigenvalue weighted by Gasteiger charge is 2.14. The SMILES string of the molecule is CCC(CC)C(=O)Nc1ccc(Cl)c(CS(C)=O)c1. The fraction of sp³-hybridized carbons (Fsp3) is 0.500. The molecule has 1 aromatic carbocycles. The Morgan fingerprint density at radius 2 is 2.00 bits per heavy atom. The number of anilines is 1.